The molecule has 0 spiro atoms. The standard InChI is InChI=1S/C22H29F3N4/c1-15-10-17(27-11-16-7-9-28(2)13-16)14-29(12-15)20-6-5-19(22(23,24)25)21-18(20)4-3-8-26-21/h3-6,8,15-17,27H,7,9-14H2,1-2H3/t15-,16?,17+/m0/s1. The summed E-state index contributed by atoms with van der Waals surface area (Å²) in [6.07, 6.45) is -0.650. The van der Waals surface area contributed by atoms with Gasteiger partial charge in [0.15, 0.2) is 0 Å². The van der Waals surface area contributed by atoms with E-state index in [1.165, 1.54) is 18.7 Å². The second-order valence-electron chi connectivity index (χ2n) is 8.80. The summed E-state index contributed by atoms with van der Waals surface area (Å²) < 4.78 is 40.3. The number of anilines is 1. The molecule has 2 saturated heterocycles. The Hall–Kier alpha value is -1.86. The second-order valence-corrected chi connectivity index (χ2v) is 8.80. The normalized spacial score (nSPS) is 26.4. The SMILES string of the molecule is C[C@H]1C[C@@H](NCC2CCN(C)C2)CN(c2ccc(C(F)(F)F)c3ncccc23)C1. The number of pyridine rings is 1. The van der Waals surface area contributed by atoms with Crippen LogP contribution in [0.2, 0.25) is 0 Å². The van der Waals surface area contributed by atoms with Crippen molar-refractivity contribution in [2.24, 2.45) is 11.8 Å². The van der Waals surface area contributed by atoms with Crippen LogP contribution in [0.15, 0.2) is 30.5 Å². The van der Waals surface area contributed by atoms with Gasteiger partial charge in [-0.3, -0.25) is 4.98 Å². The molecule has 1 aromatic heterocycles. The maximum absolute atomic E-state index is 13.4. The van der Waals surface area contributed by atoms with E-state index < -0.39 is 11.7 Å². The third kappa shape index (κ3) is 4.51. The number of nitrogens with zero attached hydrogens (tertiary/aromatic N) is 3. The number of alkyl halides is 3. The van der Waals surface area contributed by atoms with E-state index in [1.54, 1.807) is 18.2 Å². The van der Waals surface area contributed by atoms with Gasteiger partial charge in [-0.05, 0) is 69.1 Å². The van der Waals surface area contributed by atoms with Crippen molar-refractivity contribution >= 4 is 16.6 Å². The van der Waals surface area contributed by atoms with Crippen LogP contribution in [-0.4, -0.2) is 55.7 Å². The Labute approximate surface area is 170 Å². The number of aromatic nitrogens is 1. The Bertz CT molecular complexity index is 854. The Morgan fingerprint density at radius 2 is 2.00 bits per heavy atom. The highest BCUT2D eigenvalue weighted by Crippen LogP contribution is 2.38. The fourth-order valence-corrected chi connectivity index (χ4v) is 4.88. The summed E-state index contributed by atoms with van der Waals surface area (Å²) in [4.78, 5) is 8.67. The molecule has 29 heavy (non-hydrogen) atoms. The van der Waals surface area contributed by atoms with Gasteiger partial charge in [-0.1, -0.05) is 6.92 Å². The number of hydrogen-bond acceptors (Lipinski definition) is 4. The molecule has 4 nitrogen and oxygen atoms in total. The summed E-state index contributed by atoms with van der Waals surface area (Å²) in [5.74, 6) is 1.16. The Morgan fingerprint density at radius 3 is 2.72 bits per heavy atom. The van der Waals surface area contributed by atoms with Crippen LogP contribution in [0.4, 0.5) is 18.9 Å². The molecule has 0 radical (unpaired) electrons. The van der Waals surface area contributed by atoms with Crippen LogP contribution < -0.4 is 10.2 Å². The lowest BCUT2D eigenvalue weighted by atomic mass is 9.94. The fourth-order valence-electron chi connectivity index (χ4n) is 4.88. The number of hydrogen-bond donors (Lipinski definition) is 1. The average molecular weight is 406 g/mol. The third-order valence-electron chi connectivity index (χ3n) is 6.24. The van der Waals surface area contributed by atoms with Gasteiger partial charge >= 0.3 is 6.18 Å². The summed E-state index contributed by atoms with van der Waals surface area (Å²) in [5.41, 5.74) is 0.219. The van der Waals surface area contributed by atoms with E-state index in [-0.39, 0.29) is 5.52 Å². The third-order valence-corrected chi connectivity index (χ3v) is 6.24. The lowest BCUT2D eigenvalue weighted by Crippen LogP contribution is -2.50. The van der Waals surface area contributed by atoms with Crippen LogP contribution in [0, 0.1) is 11.8 Å². The van der Waals surface area contributed by atoms with Crippen LogP contribution >= 0.6 is 0 Å². The zero-order chi connectivity index (χ0) is 20.6. The molecule has 0 bridgehead atoms. The molecule has 3 heterocycles. The maximum Gasteiger partial charge on any atom is 0.418 e. The van der Waals surface area contributed by atoms with Gasteiger partial charge in [0.05, 0.1) is 11.1 Å². The molecule has 0 amide bonds. The molecule has 0 saturated carbocycles. The Morgan fingerprint density at radius 1 is 1.17 bits per heavy atom. The zero-order valence-corrected chi connectivity index (χ0v) is 17.0. The molecule has 1 unspecified atom stereocenters. The summed E-state index contributed by atoms with van der Waals surface area (Å²) in [6, 6.07) is 6.61. The first-order valence-corrected chi connectivity index (χ1v) is 10.4. The number of halogens is 3. The summed E-state index contributed by atoms with van der Waals surface area (Å²) in [7, 11) is 2.16. The van der Waals surface area contributed by atoms with Crippen LogP contribution in [0.1, 0.15) is 25.3 Å². The van der Waals surface area contributed by atoms with Gasteiger partial charge in [0.2, 0.25) is 0 Å². The van der Waals surface area contributed by atoms with E-state index >= 15 is 0 Å². The van der Waals surface area contributed by atoms with E-state index in [2.05, 4.69) is 34.1 Å². The average Bonchev–Trinajstić information content (AvgIpc) is 3.09. The minimum Gasteiger partial charge on any atom is -0.369 e. The first kappa shape index (κ1) is 20.4. The minimum absolute atomic E-state index is 0.0363. The molecule has 0 aliphatic carbocycles. The highest BCUT2D eigenvalue weighted by Gasteiger charge is 2.35. The van der Waals surface area contributed by atoms with Crippen LogP contribution in [0.5, 0.6) is 0 Å². The number of likely N-dealkylation sites (tertiary alicyclic amines) is 1. The Balaban J connectivity index is 1.55. The lowest BCUT2D eigenvalue weighted by molar-refractivity contribution is -0.136. The predicted molar refractivity (Wildman–Crippen MR) is 110 cm³/mol. The van der Waals surface area contributed by atoms with Crippen molar-refractivity contribution in [3.63, 3.8) is 0 Å². The molecule has 158 valence electrons. The van der Waals surface area contributed by atoms with Gasteiger partial charge in [-0.2, -0.15) is 13.2 Å². The van der Waals surface area contributed by atoms with Gasteiger partial charge in [0.25, 0.3) is 0 Å². The van der Waals surface area contributed by atoms with Crippen LogP contribution in [0.25, 0.3) is 10.9 Å². The van der Waals surface area contributed by atoms with E-state index in [1.807, 2.05) is 0 Å². The van der Waals surface area contributed by atoms with Gasteiger partial charge in [0, 0.05) is 42.9 Å². The monoisotopic (exact) mass is 406 g/mol. The van der Waals surface area contributed by atoms with Crippen molar-refractivity contribution < 1.29 is 13.2 Å². The number of benzene rings is 1. The van der Waals surface area contributed by atoms with Gasteiger partial charge in [-0.15, -0.1) is 0 Å². The molecule has 1 N–H and O–H groups in total. The van der Waals surface area contributed by atoms with Crippen LogP contribution in [0.3, 0.4) is 0 Å². The largest absolute Gasteiger partial charge is 0.418 e. The topological polar surface area (TPSA) is 31.4 Å². The second kappa shape index (κ2) is 8.11. The minimum atomic E-state index is -4.40. The van der Waals surface area contributed by atoms with Crippen molar-refractivity contribution in [1.82, 2.24) is 15.2 Å². The molecule has 4 rings (SSSR count). The van der Waals surface area contributed by atoms with Crippen molar-refractivity contribution in [2.45, 2.75) is 32.0 Å². The molecule has 1 aromatic carbocycles. The van der Waals surface area contributed by atoms with Crippen LogP contribution in [-0.2, 0) is 6.18 Å². The number of rotatable bonds is 4. The number of fused-ring (bicyclic) bond motifs is 1. The molecular weight excluding hydrogens is 377 g/mol. The molecular formula is C22H29F3N4. The zero-order valence-electron chi connectivity index (χ0n) is 17.0. The molecule has 2 aliphatic rings. The van der Waals surface area contributed by atoms with Crippen molar-refractivity contribution in [2.75, 3.05) is 44.7 Å². The van der Waals surface area contributed by atoms with E-state index in [4.69, 9.17) is 0 Å². The number of nitrogens with one attached hydrogen (secondary N) is 1. The number of piperidine rings is 1. The summed E-state index contributed by atoms with van der Waals surface area (Å²) >= 11 is 0. The van der Waals surface area contributed by atoms with Gasteiger partial charge in [0.1, 0.15) is 0 Å². The first-order valence-electron chi connectivity index (χ1n) is 10.4. The predicted octanol–water partition coefficient (Wildman–Crippen LogP) is 4.01. The van der Waals surface area contributed by atoms with Crippen molar-refractivity contribution in [3.05, 3.63) is 36.0 Å². The molecule has 7 heteroatoms. The van der Waals surface area contributed by atoms with Crippen molar-refractivity contribution in [1.29, 1.82) is 0 Å². The quantitative estimate of drug-likeness (QED) is 0.831. The molecule has 2 aromatic rings. The van der Waals surface area contributed by atoms with Gasteiger partial charge in [-0.25, -0.2) is 0 Å². The van der Waals surface area contributed by atoms with E-state index in [0.29, 0.717) is 23.3 Å². The molecule has 2 aliphatic heterocycles. The van der Waals surface area contributed by atoms with Gasteiger partial charge < -0.3 is 15.1 Å². The maximum atomic E-state index is 13.4. The van der Waals surface area contributed by atoms with E-state index in [0.717, 1.165) is 44.8 Å². The highest BCUT2D eigenvalue weighted by atomic mass is 19.4. The molecule has 3 atom stereocenters. The smallest absolute Gasteiger partial charge is 0.369 e. The first-order chi connectivity index (χ1) is 13.8. The highest BCUT2D eigenvalue weighted by molar-refractivity contribution is 5.94. The summed E-state index contributed by atoms with van der Waals surface area (Å²) in [5, 5.41) is 4.31. The molecule has 2 fully saturated rings. The fraction of sp³-hybridized carbons (Fsp3) is 0.591. The Kier molecular flexibility index (Phi) is 5.71. The van der Waals surface area contributed by atoms with E-state index in [9.17, 15) is 13.2 Å². The summed E-state index contributed by atoms with van der Waals surface area (Å²) in [6.45, 7) is 7.17. The van der Waals surface area contributed by atoms with Crippen molar-refractivity contribution in [3.8, 4) is 0 Å². The lowest BCUT2D eigenvalue weighted by Gasteiger charge is -2.39.